The molecule has 0 aliphatic carbocycles. The second-order valence-corrected chi connectivity index (χ2v) is 11.3. The van der Waals surface area contributed by atoms with Gasteiger partial charge in [-0.05, 0) is 55.2 Å². The van der Waals surface area contributed by atoms with Crippen molar-refractivity contribution in [3.63, 3.8) is 0 Å². The average Bonchev–Trinajstić information content (AvgIpc) is 3.44. The number of likely N-dealkylation sites (tertiary alicyclic amines) is 1. The normalized spacial score (nSPS) is 18.5. The van der Waals surface area contributed by atoms with E-state index in [1.807, 2.05) is 6.92 Å². The lowest BCUT2D eigenvalue weighted by Crippen LogP contribution is -2.60. The fraction of sp³-hybridized carbons (Fsp3) is 0.621. The van der Waals surface area contributed by atoms with E-state index < -0.39 is 66.4 Å². The van der Waals surface area contributed by atoms with Crippen molar-refractivity contribution in [1.29, 1.82) is 0 Å². The fourth-order valence-corrected chi connectivity index (χ4v) is 4.86. The number of phenols is 1. The highest BCUT2D eigenvalue weighted by atomic mass is 16.4. The van der Waals surface area contributed by atoms with Gasteiger partial charge in [0.15, 0.2) is 0 Å². The molecule has 1 heterocycles. The zero-order valence-electron chi connectivity index (χ0n) is 24.7. The topological polar surface area (TPSA) is 211 Å². The number of nitrogens with zero attached hydrogens (tertiary/aromatic N) is 1. The predicted octanol–water partition coefficient (Wildman–Crippen LogP) is -0.123. The molecule has 0 spiro atoms. The number of nitrogens with one attached hydrogen (secondary N) is 3. The number of carbonyl (C=O) groups excluding carboxylic acids is 4. The van der Waals surface area contributed by atoms with Crippen LogP contribution in [0.25, 0.3) is 0 Å². The highest BCUT2D eigenvalue weighted by molar-refractivity contribution is 5.95. The molecule has 0 radical (unpaired) electrons. The van der Waals surface area contributed by atoms with Gasteiger partial charge in [0.2, 0.25) is 23.6 Å². The van der Waals surface area contributed by atoms with Crippen LogP contribution in [0, 0.1) is 11.8 Å². The number of rotatable bonds is 15. The molecule has 6 atom stereocenters. The maximum absolute atomic E-state index is 13.4. The molecule has 6 unspecified atom stereocenters. The number of aliphatic hydroxyl groups is 1. The van der Waals surface area contributed by atoms with Gasteiger partial charge in [0, 0.05) is 6.54 Å². The first-order valence-corrected chi connectivity index (χ1v) is 14.4. The summed E-state index contributed by atoms with van der Waals surface area (Å²) in [4.78, 5) is 65.5. The molecule has 13 nitrogen and oxygen atoms in total. The van der Waals surface area contributed by atoms with E-state index in [1.165, 1.54) is 17.0 Å². The molecule has 4 amide bonds. The standard InChI is InChI=1S/C29H45N5O8/c1-5-17(4)24(27(39)32-22(15-35)25(37)31-21(29(41)42)13-16(2)3)33-26(38)23-7-6-12-34(23)28(40)20(30)14-18-8-10-19(36)11-9-18/h8-11,16-17,20-24,35-36H,5-7,12-15,30H2,1-4H3,(H,31,37)(H,32,39)(H,33,38)(H,41,42). The molecule has 0 saturated carbocycles. The van der Waals surface area contributed by atoms with Gasteiger partial charge in [-0.2, -0.15) is 0 Å². The minimum Gasteiger partial charge on any atom is -0.508 e. The summed E-state index contributed by atoms with van der Waals surface area (Å²) in [5.74, 6) is -4.05. The van der Waals surface area contributed by atoms with Crippen LogP contribution in [0.15, 0.2) is 24.3 Å². The number of aromatic hydroxyl groups is 1. The molecule has 42 heavy (non-hydrogen) atoms. The summed E-state index contributed by atoms with van der Waals surface area (Å²) in [6, 6.07) is 0.865. The lowest BCUT2D eigenvalue weighted by molar-refractivity contribution is -0.143. The Bertz CT molecular complexity index is 1100. The van der Waals surface area contributed by atoms with Crippen molar-refractivity contribution in [1.82, 2.24) is 20.9 Å². The number of amides is 4. The van der Waals surface area contributed by atoms with Gasteiger partial charge in [0.1, 0.15) is 29.9 Å². The largest absolute Gasteiger partial charge is 0.508 e. The van der Waals surface area contributed by atoms with Gasteiger partial charge in [-0.15, -0.1) is 0 Å². The molecule has 234 valence electrons. The first kappa shape index (κ1) is 34.5. The van der Waals surface area contributed by atoms with Crippen LogP contribution in [0.5, 0.6) is 5.75 Å². The van der Waals surface area contributed by atoms with Gasteiger partial charge < -0.3 is 41.9 Å². The summed E-state index contributed by atoms with van der Waals surface area (Å²) in [7, 11) is 0. The van der Waals surface area contributed by atoms with Gasteiger partial charge in [0.05, 0.1) is 12.6 Å². The van der Waals surface area contributed by atoms with E-state index in [4.69, 9.17) is 5.73 Å². The molecule has 0 bridgehead atoms. The Labute approximate surface area is 246 Å². The molecule has 8 N–H and O–H groups in total. The molecule has 2 rings (SSSR count). The Kier molecular flexibility index (Phi) is 13.2. The molecular weight excluding hydrogens is 546 g/mol. The Morgan fingerprint density at radius 1 is 1.00 bits per heavy atom. The van der Waals surface area contributed by atoms with Crippen LogP contribution in [0.4, 0.5) is 0 Å². The smallest absolute Gasteiger partial charge is 0.326 e. The lowest BCUT2D eigenvalue weighted by atomic mass is 9.97. The van der Waals surface area contributed by atoms with Crippen LogP contribution in [0.2, 0.25) is 0 Å². The molecule has 13 heteroatoms. The molecule has 1 aromatic rings. The number of benzene rings is 1. The van der Waals surface area contributed by atoms with Crippen molar-refractivity contribution in [2.24, 2.45) is 17.6 Å². The predicted molar refractivity (Wildman–Crippen MR) is 154 cm³/mol. The zero-order valence-corrected chi connectivity index (χ0v) is 24.7. The summed E-state index contributed by atoms with van der Waals surface area (Å²) in [5.41, 5.74) is 6.93. The molecule has 1 aliphatic rings. The van der Waals surface area contributed by atoms with Crippen LogP contribution in [0.1, 0.15) is 58.9 Å². The van der Waals surface area contributed by atoms with Crippen LogP contribution < -0.4 is 21.7 Å². The van der Waals surface area contributed by atoms with Crippen LogP contribution in [-0.4, -0.2) is 93.2 Å². The second-order valence-electron chi connectivity index (χ2n) is 11.3. The number of phenolic OH excluding ortho intramolecular Hbond substituents is 1. The SMILES string of the molecule is CCC(C)C(NC(=O)C1CCCN1C(=O)C(N)Cc1ccc(O)cc1)C(=O)NC(CO)C(=O)NC(CC(C)C)C(=O)O. The van der Waals surface area contributed by atoms with Crippen LogP contribution in [0.3, 0.4) is 0 Å². The van der Waals surface area contributed by atoms with E-state index in [0.717, 1.165) is 5.56 Å². The van der Waals surface area contributed by atoms with Gasteiger partial charge in [0.25, 0.3) is 0 Å². The van der Waals surface area contributed by atoms with Gasteiger partial charge in [-0.1, -0.05) is 46.2 Å². The van der Waals surface area contributed by atoms with Crippen molar-refractivity contribution in [2.75, 3.05) is 13.2 Å². The summed E-state index contributed by atoms with van der Waals surface area (Å²) < 4.78 is 0. The number of hydrogen-bond donors (Lipinski definition) is 7. The number of aliphatic carboxylic acids is 1. The summed E-state index contributed by atoms with van der Waals surface area (Å²) in [5, 5.41) is 36.2. The molecule has 1 aromatic carbocycles. The summed E-state index contributed by atoms with van der Waals surface area (Å²) >= 11 is 0. The van der Waals surface area contributed by atoms with E-state index in [9.17, 15) is 39.3 Å². The first-order valence-electron chi connectivity index (χ1n) is 14.4. The molecular formula is C29H45N5O8. The van der Waals surface area contributed by atoms with E-state index in [-0.39, 0.29) is 30.4 Å². The molecule has 0 aromatic heterocycles. The monoisotopic (exact) mass is 591 g/mol. The minimum absolute atomic E-state index is 0.0250. The third-order valence-corrected chi connectivity index (χ3v) is 7.48. The maximum Gasteiger partial charge on any atom is 0.326 e. The Hall–Kier alpha value is -3.71. The number of hydrogen-bond acceptors (Lipinski definition) is 8. The van der Waals surface area contributed by atoms with E-state index in [0.29, 0.717) is 25.8 Å². The van der Waals surface area contributed by atoms with Crippen LogP contribution >= 0.6 is 0 Å². The molecule has 1 fully saturated rings. The number of carbonyl (C=O) groups is 5. The second kappa shape index (κ2) is 16.1. The zero-order chi connectivity index (χ0) is 31.6. The number of carboxylic acid groups (broad SMARTS) is 1. The van der Waals surface area contributed by atoms with Crippen molar-refractivity contribution in [2.45, 2.75) is 90.0 Å². The van der Waals surface area contributed by atoms with E-state index in [2.05, 4.69) is 16.0 Å². The highest BCUT2D eigenvalue weighted by Crippen LogP contribution is 2.21. The quantitative estimate of drug-likeness (QED) is 0.145. The van der Waals surface area contributed by atoms with Crippen molar-refractivity contribution >= 4 is 29.6 Å². The Balaban J connectivity index is 2.10. The molecule has 1 aliphatic heterocycles. The van der Waals surface area contributed by atoms with E-state index in [1.54, 1.807) is 32.9 Å². The summed E-state index contributed by atoms with van der Waals surface area (Å²) in [6.07, 6.45) is 1.82. The number of aliphatic hydroxyl groups excluding tert-OH is 1. The Morgan fingerprint density at radius 3 is 2.17 bits per heavy atom. The third-order valence-electron chi connectivity index (χ3n) is 7.48. The summed E-state index contributed by atoms with van der Waals surface area (Å²) in [6.45, 7) is 6.71. The average molecular weight is 592 g/mol. The lowest BCUT2D eigenvalue weighted by Gasteiger charge is -2.30. The number of carboxylic acids is 1. The van der Waals surface area contributed by atoms with Gasteiger partial charge >= 0.3 is 5.97 Å². The minimum atomic E-state index is -1.43. The number of nitrogens with two attached hydrogens (primary N) is 1. The first-order chi connectivity index (χ1) is 19.8. The van der Waals surface area contributed by atoms with E-state index >= 15 is 0 Å². The van der Waals surface area contributed by atoms with Crippen LogP contribution in [-0.2, 0) is 30.4 Å². The third kappa shape index (κ3) is 9.69. The van der Waals surface area contributed by atoms with Gasteiger partial charge in [-0.3, -0.25) is 19.2 Å². The Morgan fingerprint density at radius 2 is 1.62 bits per heavy atom. The van der Waals surface area contributed by atoms with Gasteiger partial charge in [-0.25, -0.2) is 4.79 Å². The van der Waals surface area contributed by atoms with Crippen molar-refractivity contribution < 1.29 is 39.3 Å². The molecule has 1 saturated heterocycles. The van der Waals surface area contributed by atoms with Crippen molar-refractivity contribution in [3.8, 4) is 5.75 Å². The van der Waals surface area contributed by atoms with Crippen molar-refractivity contribution in [3.05, 3.63) is 29.8 Å². The maximum atomic E-state index is 13.4. The fourth-order valence-electron chi connectivity index (χ4n) is 4.86. The highest BCUT2D eigenvalue weighted by Gasteiger charge is 2.39.